The zero-order valence-electron chi connectivity index (χ0n) is 23.8. The molecule has 0 bridgehead atoms. The number of imide groups is 1. The molecule has 2 aliphatic rings. The molecule has 220 valence electrons. The summed E-state index contributed by atoms with van der Waals surface area (Å²) in [7, 11) is 0. The van der Waals surface area contributed by atoms with Gasteiger partial charge in [-0.1, -0.05) is 0 Å². The zero-order valence-corrected chi connectivity index (χ0v) is 23.8. The minimum atomic E-state index is -1.30. The number of hydrogen-bond acceptors (Lipinski definition) is 8. The van der Waals surface area contributed by atoms with E-state index in [0.717, 1.165) is 0 Å². The number of carboxylic acid groups (broad SMARTS) is 1. The highest BCUT2D eigenvalue weighted by Gasteiger charge is 2.36. The van der Waals surface area contributed by atoms with Gasteiger partial charge in [-0.3, -0.25) is 29.3 Å². The Morgan fingerprint density at radius 1 is 1.18 bits per heavy atom. The number of halogens is 1. The first-order chi connectivity index (χ1) is 18.5. The quantitative estimate of drug-likeness (QED) is 0.465. The summed E-state index contributed by atoms with van der Waals surface area (Å²) in [6.07, 6.45) is 0.225. The fourth-order valence-corrected chi connectivity index (χ4v) is 4.78. The van der Waals surface area contributed by atoms with E-state index in [9.17, 15) is 24.3 Å². The number of urea groups is 1. The number of carbonyl (C=O) groups is 4. The van der Waals surface area contributed by atoms with Crippen LogP contribution in [0, 0.1) is 5.82 Å². The van der Waals surface area contributed by atoms with Gasteiger partial charge in [0.25, 0.3) is 0 Å². The highest BCUT2D eigenvalue weighted by Crippen LogP contribution is 2.36. The van der Waals surface area contributed by atoms with Crippen molar-refractivity contribution in [2.45, 2.75) is 84.5 Å². The number of amides is 3. The SMILES string of the molecule is CC(=O)OC(C)(C)C.CC(C)n1nc(N2CCC(=O)NC2=O)c2cc(F)c(N3CCC(O)(CC(=O)O)CC3)cc21. The van der Waals surface area contributed by atoms with Gasteiger partial charge in [-0.2, -0.15) is 5.10 Å². The molecule has 2 aromatic rings. The van der Waals surface area contributed by atoms with E-state index in [2.05, 4.69) is 10.4 Å². The summed E-state index contributed by atoms with van der Waals surface area (Å²) in [6, 6.07) is 2.36. The van der Waals surface area contributed by atoms with Crippen molar-refractivity contribution in [2.24, 2.45) is 0 Å². The molecule has 2 saturated heterocycles. The number of nitrogens with zero attached hydrogens (tertiary/aromatic N) is 4. The van der Waals surface area contributed by atoms with Crippen LogP contribution in [0.3, 0.4) is 0 Å². The number of carbonyl (C=O) groups excluding carboxylic acids is 3. The van der Waals surface area contributed by atoms with Crippen molar-refractivity contribution in [2.75, 3.05) is 29.4 Å². The van der Waals surface area contributed by atoms with Gasteiger partial charge in [-0.05, 0) is 59.6 Å². The predicted octanol–water partition coefficient (Wildman–Crippen LogP) is 3.36. The molecular formula is C27H38FN5O7. The van der Waals surface area contributed by atoms with E-state index in [1.807, 2.05) is 34.6 Å². The number of hydrogen-bond donors (Lipinski definition) is 3. The Morgan fingerprint density at radius 3 is 2.27 bits per heavy atom. The lowest BCUT2D eigenvalue weighted by atomic mass is 9.88. The molecule has 0 spiro atoms. The van der Waals surface area contributed by atoms with E-state index >= 15 is 4.39 Å². The number of aromatic nitrogens is 2. The predicted molar refractivity (Wildman–Crippen MR) is 146 cm³/mol. The van der Waals surface area contributed by atoms with Gasteiger partial charge in [0, 0.05) is 44.4 Å². The van der Waals surface area contributed by atoms with Crippen molar-refractivity contribution >= 4 is 46.3 Å². The van der Waals surface area contributed by atoms with Crippen molar-refractivity contribution < 1.29 is 38.5 Å². The Balaban J connectivity index is 0.000000482. The van der Waals surface area contributed by atoms with Crippen LogP contribution in [0.4, 0.5) is 20.7 Å². The van der Waals surface area contributed by atoms with Crippen LogP contribution in [-0.2, 0) is 19.1 Å². The van der Waals surface area contributed by atoms with Crippen LogP contribution < -0.4 is 15.1 Å². The summed E-state index contributed by atoms with van der Waals surface area (Å²) in [5, 5.41) is 26.8. The van der Waals surface area contributed by atoms with Gasteiger partial charge in [-0.15, -0.1) is 0 Å². The molecular weight excluding hydrogens is 525 g/mol. The lowest BCUT2D eigenvalue weighted by Gasteiger charge is -2.38. The van der Waals surface area contributed by atoms with E-state index in [1.165, 1.54) is 17.9 Å². The number of nitrogens with one attached hydrogen (secondary N) is 1. The van der Waals surface area contributed by atoms with Crippen molar-refractivity contribution in [3.63, 3.8) is 0 Å². The second-order valence-corrected chi connectivity index (χ2v) is 11.4. The average molecular weight is 564 g/mol. The standard InChI is InChI=1S/C21H26FN5O5.C6H12O2/c1-12(2)27-15-10-16(25-7-4-21(32,5-8-25)11-18(29)30)14(22)9-13(15)19(24-27)26-6-3-17(28)23-20(26)31;1-5(7)8-6(2,3)4/h9-10,12,32H,3-8,11H2,1-2H3,(H,29,30)(H,23,28,31);1-4H3. The van der Waals surface area contributed by atoms with Crippen LogP contribution in [0.2, 0.25) is 0 Å². The van der Waals surface area contributed by atoms with E-state index < -0.39 is 23.4 Å². The zero-order chi connectivity index (χ0) is 30.0. The number of aliphatic hydroxyl groups is 1. The minimum absolute atomic E-state index is 0.0685. The van der Waals surface area contributed by atoms with Crippen LogP contribution in [0.15, 0.2) is 12.1 Å². The van der Waals surface area contributed by atoms with Gasteiger partial charge in [0.2, 0.25) is 5.91 Å². The molecule has 0 aliphatic carbocycles. The molecule has 40 heavy (non-hydrogen) atoms. The van der Waals surface area contributed by atoms with Crippen LogP contribution >= 0.6 is 0 Å². The molecule has 12 nitrogen and oxygen atoms in total. The summed E-state index contributed by atoms with van der Waals surface area (Å²) in [5.74, 6) is -1.86. The fraction of sp³-hybridized carbons (Fsp3) is 0.593. The molecule has 0 saturated carbocycles. The lowest BCUT2D eigenvalue weighted by Crippen LogP contribution is -2.49. The third-order valence-electron chi connectivity index (χ3n) is 6.52. The van der Waals surface area contributed by atoms with Crippen molar-refractivity contribution in [1.82, 2.24) is 15.1 Å². The van der Waals surface area contributed by atoms with Crippen molar-refractivity contribution in [1.29, 1.82) is 0 Å². The maximum atomic E-state index is 15.2. The van der Waals surface area contributed by atoms with E-state index in [-0.39, 0.29) is 55.7 Å². The Bertz CT molecular complexity index is 1290. The fourth-order valence-electron chi connectivity index (χ4n) is 4.78. The second kappa shape index (κ2) is 11.8. The molecule has 0 atom stereocenters. The van der Waals surface area contributed by atoms with Crippen LogP contribution in [0.1, 0.15) is 73.3 Å². The molecule has 0 unspecified atom stereocenters. The Hall–Kier alpha value is -3.74. The normalized spacial score (nSPS) is 17.4. The van der Waals surface area contributed by atoms with Gasteiger partial charge in [0.05, 0.1) is 23.2 Å². The number of piperidine rings is 1. The molecule has 3 N–H and O–H groups in total. The second-order valence-electron chi connectivity index (χ2n) is 11.4. The number of esters is 1. The van der Waals surface area contributed by atoms with Crippen molar-refractivity contribution in [3.8, 4) is 0 Å². The monoisotopic (exact) mass is 563 g/mol. The summed E-state index contributed by atoms with van der Waals surface area (Å²) >= 11 is 0. The van der Waals surface area contributed by atoms with Crippen molar-refractivity contribution in [3.05, 3.63) is 17.9 Å². The Morgan fingerprint density at radius 2 is 1.80 bits per heavy atom. The largest absolute Gasteiger partial charge is 0.481 e. The van der Waals surface area contributed by atoms with E-state index in [4.69, 9.17) is 9.84 Å². The molecule has 1 aromatic heterocycles. The number of fused-ring (bicyclic) bond motifs is 1. The van der Waals surface area contributed by atoms with Crippen LogP contribution in [0.5, 0.6) is 0 Å². The number of rotatable bonds is 5. The van der Waals surface area contributed by atoms with Gasteiger partial charge < -0.3 is 19.8 Å². The highest BCUT2D eigenvalue weighted by atomic mass is 19.1. The summed E-state index contributed by atoms with van der Waals surface area (Å²) < 4.78 is 21.7. The summed E-state index contributed by atoms with van der Waals surface area (Å²) in [4.78, 5) is 48.2. The van der Waals surface area contributed by atoms with Crippen LogP contribution in [0.25, 0.3) is 10.9 Å². The topological polar surface area (TPSA) is 154 Å². The van der Waals surface area contributed by atoms with Crippen LogP contribution in [-0.4, -0.2) is 74.7 Å². The van der Waals surface area contributed by atoms with E-state index in [0.29, 0.717) is 35.5 Å². The molecule has 1 aromatic carbocycles. The number of carboxylic acids is 1. The first-order valence-corrected chi connectivity index (χ1v) is 13.2. The highest BCUT2D eigenvalue weighted by molar-refractivity contribution is 6.09. The smallest absolute Gasteiger partial charge is 0.329 e. The molecule has 2 fully saturated rings. The average Bonchev–Trinajstić information content (AvgIpc) is 3.15. The number of benzene rings is 1. The molecule has 3 heterocycles. The minimum Gasteiger partial charge on any atom is -0.481 e. The lowest BCUT2D eigenvalue weighted by molar-refractivity contribution is -0.152. The maximum Gasteiger partial charge on any atom is 0.329 e. The first kappa shape index (κ1) is 30.8. The number of ether oxygens (including phenoxy) is 1. The third kappa shape index (κ3) is 7.46. The summed E-state index contributed by atoms with van der Waals surface area (Å²) in [5.41, 5.74) is -0.648. The Kier molecular flexibility index (Phi) is 9.07. The molecule has 2 aliphatic heterocycles. The Labute approximate surface area is 232 Å². The third-order valence-corrected chi connectivity index (χ3v) is 6.52. The molecule has 13 heteroatoms. The molecule has 3 amide bonds. The first-order valence-electron chi connectivity index (χ1n) is 13.2. The molecule has 0 radical (unpaired) electrons. The van der Waals surface area contributed by atoms with Gasteiger partial charge in [0.1, 0.15) is 11.4 Å². The van der Waals surface area contributed by atoms with E-state index in [1.54, 1.807) is 15.6 Å². The van der Waals surface area contributed by atoms with Gasteiger partial charge in [0.15, 0.2) is 5.82 Å². The number of anilines is 2. The van der Waals surface area contributed by atoms with Gasteiger partial charge >= 0.3 is 18.0 Å². The molecule has 4 rings (SSSR count). The maximum absolute atomic E-state index is 15.2. The number of aliphatic carboxylic acids is 1. The summed E-state index contributed by atoms with van der Waals surface area (Å²) in [6.45, 7) is 11.6. The van der Waals surface area contributed by atoms with Gasteiger partial charge in [-0.25, -0.2) is 9.18 Å².